The second-order valence-electron chi connectivity index (χ2n) is 22.1. The number of aryl methyl sites for hydroxylation is 2. The fraction of sp³-hybridized carbons (Fsp3) is 0.527. The normalized spacial score (nSPS) is 17.0. The largest absolute Gasteiger partial charge is 0.460 e. The number of nitrogens with zero attached hydrogens (tertiary/aromatic N) is 3. The summed E-state index contributed by atoms with van der Waals surface area (Å²) in [4.78, 5) is 84.6. The predicted molar refractivity (Wildman–Crippen MR) is 275 cm³/mol. The number of benzene rings is 3. The molecule has 2 heterocycles. The van der Waals surface area contributed by atoms with Gasteiger partial charge in [-0.2, -0.15) is 5.10 Å². The van der Waals surface area contributed by atoms with Crippen LogP contribution in [0.2, 0.25) is 0 Å². The van der Waals surface area contributed by atoms with Crippen molar-refractivity contribution in [3.63, 3.8) is 0 Å². The number of alkyl carbamates (subject to hydrolysis) is 1. The molecular weight excluding hydrogens is 917 g/mol. The first-order valence-electron chi connectivity index (χ1n) is 25.2. The number of piperidine rings is 1. The third kappa shape index (κ3) is 16.9. The maximum absolute atomic E-state index is 14.1. The van der Waals surface area contributed by atoms with Crippen molar-refractivity contribution < 1.29 is 43.0 Å². The second kappa shape index (κ2) is 23.6. The monoisotopic (exact) mass is 991 g/mol. The van der Waals surface area contributed by atoms with Crippen LogP contribution in [0, 0.1) is 18.8 Å². The molecule has 0 unspecified atom stereocenters. The number of amides is 5. The average molecular weight is 991 g/mol. The highest BCUT2D eigenvalue weighted by Crippen LogP contribution is 2.30. The van der Waals surface area contributed by atoms with Crippen molar-refractivity contribution in [2.75, 3.05) is 25.0 Å². The molecule has 5 N–H and O–H groups in total. The molecule has 17 heteroatoms. The van der Waals surface area contributed by atoms with E-state index in [2.05, 4.69) is 36.4 Å². The van der Waals surface area contributed by atoms with Crippen molar-refractivity contribution in [2.45, 2.75) is 156 Å². The third-order valence-corrected chi connectivity index (χ3v) is 12.4. The first-order valence-corrected chi connectivity index (χ1v) is 25.2. The van der Waals surface area contributed by atoms with Gasteiger partial charge in [-0.15, -0.1) is 0 Å². The summed E-state index contributed by atoms with van der Waals surface area (Å²) in [6, 6.07) is 19.6. The molecule has 3 aromatic carbocycles. The van der Waals surface area contributed by atoms with Gasteiger partial charge in [0.2, 0.25) is 11.8 Å². The standard InChI is InChI=1S/C55H74N8O9/c1-34-31-40(49(66)57-42-27-29-63(30-28-42)52(69)72-55(8,9)10)21-24-43(34)37-15-11-35(12-16-37)32-44(59-48(65)39-17-13-36(14-18-39)33-56-51(68)71-54(5,6)7)50(67)58-41-22-19-38(20-23-41)47-60-45(61-62-47)25-26-46(64)70-53(2,3)4/h11-12,15-16,19-24,31,36,39,42,44H,13-14,17-18,25-30,32-33H2,1-10H3,(H,56,68)(H,57,66)(H,58,67)(H,59,65)(H,60,61,62)/t36?,39?,44-/m0/s1. The molecule has 4 aromatic rings. The number of aromatic amines is 1. The van der Waals surface area contributed by atoms with Crippen LogP contribution >= 0.6 is 0 Å². The molecular formula is C55H74N8O9. The summed E-state index contributed by atoms with van der Waals surface area (Å²) >= 11 is 0. The SMILES string of the molecule is Cc1cc(C(=O)NC2CCN(C(=O)OC(C)(C)C)CC2)ccc1-c1ccc(C[C@H](NC(=O)C2CCC(CNC(=O)OC(C)(C)C)CC2)C(=O)Nc2ccc(-c3n[nH]c(CCC(=O)OC(C)(C)C)n3)cc2)cc1. The van der Waals surface area contributed by atoms with E-state index >= 15 is 0 Å². The van der Waals surface area contributed by atoms with Gasteiger partial charge < -0.3 is 40.4 Å². The quantitative estimate of drug-likeness (QED) is 0.0559. The molecule has 1 saturated carbocycles. The summed E-state index contributed by atoms with van der Waals surface area (Å²) in [5.74, 6) is -0.156. The zero-order valence-corrected chi connectivity index (χ0v) is 43.7. The predicted octanol–water partition coefficient (Wildman–Crippen LogP) is 8.85. The Hall–Kier alpha value is -6.78. The number of aromatic nitrogens is 3. The van der Waals surface area contributed by atoms with Gasteiger partial charge in [0.1, 0.15) is 28.7 Å². The van der Waals surface area contributed by atoms with Gasteiger partial charge in [-0.05, 0) is 172 Å². The van der Waals surface area contributed by atoms with Gasteiger partial charge in [0.15, 0.2) is 5.82 Å². The maximum atomic E-state index is 14.1. The zero-order chi connectivity index (χ0) is 52.4. The van der Waals surface area contributed by atoms with Gasteiger partial charge in [-0.25, -0.2) is 14.6 Å². The number of H-pyrrole nitrogens is 1. The molecule has 5 amide bonds. The summed E-state index contributed by atoms with van der Waals surface area (Å²) in [7, 11) is 0. The van der Waals surface area contributed by atoms with Crippen molar-refractivity contribution in [1.29, 1.82) is 0 Å². The molecule has 1 saturated heterocycles. The number of carbonyl (C=O) groups is 6. The fourth-order valence-corrected chi connectivity index (χ4v) is 8.74. The van der Waals surface area contributed by atoms with Crippen molar-refractivity contribution in [3.8, 4) is 22.5 Å². The lowest BCUT2D eigenvalue weighted by Gasteiger charge is -2.33. The van der Waals surface area contributed by atoms with Gasteiger partial charge in [0.05, 0.1) is 6.42 Å². The molecule has 1 aromatic heterocycles. The van der Waals surface area contributed by atoms with E-state index in [0.717, 1.165) is 35.1 Å². The minimum Gasteiger partial charge on any atom is -0.460 e. The van der Waals surface area contributed by atoms with Crippen LogP contribution in [0.1, 0.15) is 135 Å². The zero-order valence-electron chi connectivity index (χ0n) is 43.7. The number of hydrogen-bond acceptors (Lipinski definition) is 11. The van der Waals surface area contributed by atoms with E-state index in [4.69, 9.17) is 14.2 Å². The van der Waals surface area contributed by atoms with Crippen molar-refractivity contribution in [1.82, 2.24) is 36.0 Å². The van der Waals surface area contributed by atoms with Gasteiger partial charge in [-0.3, -0.25) is 24.3 Å². The van der Waals surface area contributed by atoms with Crippen LogP contribution < -0.4 is 21.3 Å². The number of hydrogen-bond donors (Lipinski definition) is 5. The molecule has 72 heavy (non-hydrogen) atoms. The first-order chi connectivity index (χ1) is 33.9. The molecule has 388 valence electrons. The third-order valence-electron chi connectivity index (χ3n) is 12.4. The highest BCUT2D eigenvalue weighted by atomic mass is 16.6. The van der Waals surface area contributed by atoms with Crippen LogP contribution in [-0.4, -0.2) is 104 Å². The van der Waals surface area contributed by atoms with Crippen molar-refractivity contribution >= 4 is 41.6 Å². The number of anilines is 1. The number of ether oxygens (including phenoxy) is 3. The summed E-state index contributed by atoms with van der Waals surface area (Å²) in [5.41, 5.74) is 3.68. The Morgan fingerprint density at radius 1 is 0.750 bits per heavy atom. The minimum absolute atomic E-state index is 0.0564. The summed E-state index contributed by atoms with van der Waals surface area (Å²) < 4.78 is 16.3. The fourth-order valence-electron chi connectivity index (χ4n) is 8.74. The molecule has 1 aliphatic carbocycles. The molecule has 0 spiro atoms. The van der Waals surface area contributed by atoms with Crippen LogP contribution in [0.5, 0.6) is 0 Å². The topological polar surface area (TPSA) is 223 Å². The molecule has 2 fully saturated rings. The molecule has 6 rings (SSSR count). The van der Waals surface area contributed by atoms with Crippen LogP contribution in [-0.2, 0) is 41.4 Å². The minimum atomic E-state index is -0.904. The van der Waals surface area contributed by atoms with Gasteiger partial charge in [-0.1, -0.05) is 30.3 Å². The smallest absolute Gasteiger partial charge is 0.410 e. The highest BCUT2D eigenvalue weighted by Gasteiger charge is 2.31. The molecule has 1 aliphatic heterocycles. The highest BCUT2D eigenvalue weighted by molar-refractivity contribution is 5.98. The number of rotatable bonds is 15. The Balaban J connectivity index is 1.08. The number of nitrogens with one attached hydrogen (secondary N) is 5. The number of likely N-dealkylation sites (tertiary alicyclic amines) is 1. The van der Waals surface area contributed by atoms with Crippen LogP contribution in [0.4, 0.5) is 15.3 Å². The Bertz CT molecular complexity index is 2520. The first kappa shape index (κ1) is 54.6. The van der Waals surface area contributed by atoms with E-state index in [-0.39, 0.29) is 60.5 Å². The number of esters is 1. The molecule has 2 aliphatic rings. The lowest BCUT2D eigenvalue weighted by Crippen LogP contribution is -2.48. The van der Waals surface area contributed by atoms with Gasteiger partial charge in [0, 0.05) is 61.2 Å². The van der Waals surface area contributed by atoms with Crippen molar-refractivity contribution in [2.24, 2.45) is 11.8 Å². The Morgan fingerprint density at radius 2 is 1.38 bits per heavy atom. The van der Waals surface area contributed by atoms with Crippen LogP contribution in [0.3, 0.4) is 0 Å². The lowest BCUT2D eigenvalue weighted by atomic mass is 9.81. The van der Waals surface area contributed by atoms with Gasteiger partial charge >= 0.3 is 18.2 Å². The van der Waals surface area contributed by atoms with Gasteiger partial charge in [0.25, 0.3) is 5.91 Å². The van der Waals surface area contributed by atoms with Crippen LogP contribution in [0.25, 0.3) is 22.5 Å². The van der Waals surface area contributed by atoms with E-state index in [1.54, 1.807) is 29.2 Å². The molecule has 0 radical (unpaired) electrons. The van der Waals surface area contributed by atoms with E-state index in [0.29, 0.717) is 80.2 Å². The van der Waals surface area contributed by atoms with Crippen LogP contribution in [0.15, 0.2) is 66.7 Å². The molecule has 17 nitrogen and oxygen atoms in total. The van der Waals surface area contributed by atoms with E-state index in [1.807, 2.05) is 112 Å². The molecule has 1 atom stereocenters. The average Bonchev–Trinajstić information content (AvgIpc) is 3.78. The lowest BCUT2D eigenvalue weighted by molar-refractivity contribution is -0.154. The Kier molecular flexibility index (Phi) is 17.9. The summed E-state index contributed by atoms with van der Waals surface area (Å²) in [6.45, 7) is 19.9. The Morgan fingerprint density at radius 3 is 1.99 bits per heavy atom. The van der Waals surface area contributed by atoms with E-state index < -0.39 is 28.9 Å². The summed E-state index contributed by atoms with van der Waals surface area (Å²) in [5, 5.41) is 19.3. The maximum Gasteiger partial charge on any atom is 0.410 e. The van der Waals surface area contributed by atoms with E-state index in [1.165, 1.54) is 0 Å². The molecule has 0 bridgehead atoms. The number of carbonyl (C=O) groups excluding carboxylic acids is 6. The van der Waals surface area contributed by atoms with Crippen molar-refractivity contribution in [3.05, 3.63) is 89.2 Å². The Labute approximate surface area is 423 Å². The van der Waals surface area contributed by atoms with E-state index in [9.17, 15) is 28.8 Å². The second-order valence-corrected chi connectivity index (χ2v) is 22.1. The summed E-state index contributed by atoms with van der Waals surface area (Å²) in [6.07, 6.45) is 3.94.